The van der Waals surface area contributed by atoms with Crippen LogP contribution in [0.4, 0.5) is 0 Å². The van der Waals surface area contributed by atoms with Crippen molar-refractivity contribution in [3.8, 4) is 0 Å². The first-order valence-electron chi connectivity index (χ1n) is 5.14. The molecule has 1 rings (SSSR count). The monoisotopic (exact) mass is 227 g/mol. The predicted molar refractivity (Wildman–Crippen MR) is 62.2 cm³/mol. The summed E-state index contributed by atoms with van der Waals surface area (Å²) >= 11 is 1.71. The maximum absolute atomic E-state index is 10.6. The van der Waals surface area contributed by atoms with Gasteiger partial charge in [0.25, 0.3) is 0 Å². The third-order valence-electron chi connectivity index (χ3n) is 2.39. The van der Waals surface area contributed by atoms with E-state index < -0.39 is 5.97 Å². The molecule has 15 heavy (non-hydrogen) atoms. The number of hydrogen-bond acceptors (Lipinski definition) is 3. The molecule has 0 radical (unpaired) electrons. The number of carbonyl (C=O) groups is 1. The van der Waals surface area contributed by atoms with Gasteiger partial charge in [0.15, 0.2) is 0 Å². The lowest BCUT2D eigenvalue weighted by Crippen LogP contribution is -2.29. The molecule has 4 heteroatoms. The number of thiophene rings is 1. The first kappa shape index (κ1) is 12.2. The van der Waals surface area contributed by atoms with Crippen LogP contribution in [0.2, 0.25) is 0 Å². The minimum atomic E-state index is -0.747. The molecule has 0 fully saturated rings. The number of carboxylic acids is 1. The second-order valence-corrected chi connectivity index (χ2v) is 4.60. The van der Waals surface area contributed by atoms with Crippen LogP contribution in [0.5, 0.6) is 0 Å². The quantitative estimate of drug-likeness (QED) is 0.785. The second-order valence-electron chi connectivity index (χ2n) is 3.62. The summed E-state index contributed by atoms with van der Waals surface area (Å²) in [5.41, 5.74) is 0. The van der Waals surface area contributed by atoms with Gasteiger partial charge in [0.05, 0.1) is 5.92 Å². The van der Waals surface area contributed by atoms with E-state index in [9.17, 15) is 4.79 Å². The highest BCUT2D eigenvalue weighted by Crippen LogP contribution is 2.21. The van der Waals surface area contributed by atoms with Gasteiger partial charge in [0, 0.05) is 17.5 Å². The molecule has 0 aliphatic heterocycles. The van der Waals surface area contributed by atoms with Crippen LogP contribution in [-0.2, 0) is 4.79 Å². The normalized spacial score (nSPS) is 14.8. The summed E-state index contributed by atoms with van der Waals surface area (Å²) in [6.45, 7) is 4.34. The molecule has 0 spiro atoms. The van der Waals surface area contributed by atoms with Gasteiger partial charge >= 0.3 is 5.97 Å². The largest absolute Gasteiger partial charge is 0.481 e. The molecule has 0 bridgehead atoms. The Balaban J connectivity index is 2.45. The number of nitrogens with one attached hydrogen (secondary N) is 1. The number of carboxylic acid groups (broad SMARTS) is 1. The molecule has 2 unspecified atom stereocenters. The Bertz CT molecular complexity index is 298. The van der Waals surface area contributed by atoms with Gasteiger partial charge in [-0.1, -0.05) is 19.9 Å². The Hall–Kier alpha value is -0.870. The van der Waals surface area contributed by atoms with Gasteiger partial charge in [-0.25, -0.2) is 0 Å². The Morgan fingerprint density at radius 2 is 2.40 bits per heavy atom. The maximum Gasteiger partial charge on any atom is 0.307 e. The van der Waals surface area contributed by atoms with Crippen LogP contribution in [0.25, 0.3) is 0 Å². The highest BCUT2D eigenvalue weighted by atomic mass is 32.1. The summed E-state index contributed by atoms with van der Waals surface area (Å²) < 4.78 is 0. The van der Waals surface area contributed by atoms with Gasteiger partial charge < -0.3 is 10.4 Å². The standard InChI is InChI=1S/C11H17NO2S/c1-3-9(10-5-4-6-15-10)12-7-8(2)11(13)14/h4-6,8-9,12H,3,7H2,1-2H3,(H,13,14). The molecule has 1 aromatic heterocycles. The van der Waals surface area contributed by atoms with Crippen molar-refractivity contribution in [1.29, 1.82) is 0 Å². The van der Waals surface area contributed by atoms with Crippen LogP contribution in [0.1, 0.15) is 31.2 Å². The van der Waals surface area contributed by atoms with Gasteiger partial charge in [-0.2, -0.15) is 0 Å². The number of rotatable bonds is 6. The minimum absolute atomic E-state index is 0.284. The molecule has 1 heterocycles. The van der Waals surface area contributed by atoms with Crippen molar-refractivity contribution in [3.05, 3.63) is 22.4 Å². The molecule has 0 saturated carbocycles. The van der Waals surface area contributed by atoms with Gasteiger partial charge in [-0.15, -0.1) is 11.3 Å². The summed E-state index contributed by atoms with van der Waals surface area (Å²) in [5.74, 6) is -1.08. The van der Waals surface area contributed by atoms with Crippen molar-refractivity contribution in [2.45, 2.75) is 26.3 Å². The first-order valence-corrected chi connectivity index (χ1v) is 6.02. The Morgan fingerprint density at radius 3 is 2.87 bits per heavy atom. The predicted octanol–water partition coefficient (Wildman–Crippen LogP) is 2.51. The highest BCUT2D eigenvalue weighted by Gasteiger charge is 2.14. The van der Waals surface area contributed by atoms with Crippen molar-refractivity contribution < 1.29 is 9.90 Å². The molecule has 0 aliphatic rings. The van der Waals surface area contributed by atoms with Crippen LogP contribution in [0, 0.1) is 5.92 Å². The van der Waals surface area contributed by atoms with Gasteiger partial charge in [-0.05, 0) is 17.9 Å². The molecule has 1 aromatic rings. The van der Waals surface area contributed by atoms with E-state index in [0.717, 1.165) is 6.42 Å². The molecule has 0 saturated heterocycles. The van der Waals surface area contributed by atoms with Crippen molar-refractivity contribution in [2.75, 3.05) is 6.54 Å². The second kappa shape index (κ2) is 5.88. The van der Waals surface area contributed by atoms with Crippen molar-refractivity contribution in [2.24, 2.45) is 5.92 Å². The van der Waals surface area contributed by atoms with E-state index in [1.807, 2.05) is 11.4 Å². The Labute approximate surface area is 94.1 Å². The average molecular weight is 227 g/mol. The zero-order chi connectivity index (χ0) is 11.3. The van der Waals surface area contributed by atoms with E-state index >= 15 is 0 Å². The van der Waals surface area contributed by atoms with Crippen LogP contribution < -0.4 is 5.32 Å². The molecule has 2 atom stereocenters. The highest BCUT2D eigenvalue weighted by molar-refractivity contribution is 7.10. The summed E-state index contributed by atoms with van der Waals surface area (Å²) in [7, 11) is 0. The van der Waals surface area contributed by atoms with Crippen LogP contribution in [-0.4, -0.2) is 17.6 Å². The first-order chi connectivity index (χ1) is 7.15. The van der Waals surface area contributed by atoms with Crippen LogP contribution in [0.3, 0.4) is 0 Å². The lowest BCUT2D eigenvalue weighted by atomic mass is 10.1. The van der Waals surface area contributed by atoms with E-state index in [1.54, 1.807) is 18.3 Å². The molecule has 84 valence electrons. The SMILES string of the molecule is CCC(NCC(C)C(=O)O)c1cccs1. The fraction of sp³-hybridized carbons (Fsp3) is 0.545. The number of hydrogen-bond donors (Lipinski definition) is 2. The summed E-state index contributed by atoms with van der Waals surface area (Å²) in [6, 6.07) is 4.38. The van der Waals surface area contributed by atoms with Crippen LogP contribution >= 0.6 is 11.3 Å². The van der Waals surface area contributed by atoms with E-state index in [-0.39, 0.29) is 12.0 Å². The summed E-state index contributed by atoms with van der Waals surface area (Å²) in [6.07, 6.45) is 0.979. The van der Waals surface area contributed by atoms with Crippen molar-refractivity contribution in [3.63, 3.8) is 0 Å². The topological polar surface area (TPSA) is 49.3 Å². The average Bonchev–Trinajstić information content (AvgIpc) is 2.71. The van der Waals surface area contributed by atoms with Crippen molar-refractivity contribution in [1.82, 2.24) is 5.32 Å². The Morgan fingerprint density at radius 1 is 1.67 bits per heavy atom. The minimum Gasteiger partial charge on any atom is -0.481 e. The van der Waals surface area contributed by atoms with Gasteiger partial charge in [0.1, 0.15) is 0 Å². The Kier molecular flexibility index (Phi) is 4.78. The molecule has 2 N–H and O–H groups in total. The smallest absolute Gasteiger partial charge is 0.307 e. The molecular formula is C11H17NO2S. The lowest BCUT2D eigenvalue weighted by Gasteiger charge is -2.16. The molecule has 0 aliphatic carbocycles. The fourth-order valence-electron chi connectivity index (χ4n) is 1.34. The van der Waals surface area contributed by atoms with Crippen molar-refractivity contribution >= 4 is 17.3 Å². The van der Waals surface area contributed by atoms with E-state index in [1.165, 1.54) is 4.88 Å². The lowest BCUT2D eigenvalue weighted by molar-refractivity contribution is -0.141. The third-order valence-corrected chi connectivity index (χ3v) is 3.37. The number of aliphatic carboxylic acids is 1. The summed E-state index contributed by atoms with van der Waals surface area (Å²) in [5, 5.41) is 14.1. The third kappa shape index (κ3) is 3.64. The molecule has 3 nitrogen and oxygen atoms in total. The molecule has 0 aromatic carbocycles. The fourth-order valence-corrected chi connectivity index (χ4v) is 2.23. The van der Waals surface area contributed by atoms with Crippen LogP contribution in [0.15, 0.2) is 17.5 Å². The summed E-state index contributed by atoms with van der Waals surface area (Å²) in [4.78, 5) is 11.9. The zero-order valence-electron chi connectivity index (χ0n) is 9.06. The maximum atomic E-state index is 10.6. The van der Waals surface area contributed by atoms with Gasteiger partial charge in [-0.3, -0.25) is 4.79 Å². The van der Waals surface area contributed by atoms with E-state index in [2.05, 4.69) is 18.3 Å². The molecular weight excluding hydrogens is 210 g/mol. The zero-order valence-corrected chi connectivity index (χ0v) is 9.88. The van der Waals surface area contributed by atoms with E-state index in [4.69, 9.17) is 5.11 Å². The molecule has 0 amide bonds. The van der Waals surface area contributed by atoms with Gasteiger partial charge in [0.2, 0.25) is 0 Å². The van der Waals surface area contributed by atoms with E-state index in [0.29, 0.717) is 6.54 Å².